The molecule has 1 aliphatic carbocycles. The highest BCUT2D eigenvalue weighted by Crippen LogP contribution is 2.53. The first-order valence-corrected chi connectivity index (χ1v) is 4.90. The zero-order valence-electron chi connectivity index (χ0n) is 8.04. The highest BCUT2D eigenvalue weighted by Gasteiger charge is 2.47. The van der Waals surface area contributed by atoms with Crippen LogP contribution in [0.25, 0.3) is 0 Å². The Kier molecular flexibility index (Phi) is 2.29. The predicted molar refractivity (Wildman–Crippen MR) is 54.0 cm³/mol. The van der Waals surface area contributed by atoms with Crippen LogP contribution in [0.2, 0.25) is 0 Å². The first kappa shape index (κ1) is 9.62. The van der Waals surface area contributed by atoms with Gasteiger partial charge in [-0.25, -0.2) is 4.39 Å². The molecule has 1 aromatic rings. The van der Waals surface area contributed by atoms with Gasteiger partial charge in [0.05, 0.1) is 0 Å². The van der Waals surface area contributed by atoms with Gasteiger partial charge in [-0.2, -0.15) is 0 Å². The predicted octanol–water partition coefficient (Wildman–Crippen LogP) is 1.56. The third kappa shape index (κ3) is 1.42. The van der Waals surface area contributed by atoms with Crippen LogP contribution in [0.4, 0.5) is 4.39 Å². The second-order valence-corrected chi connectivity index (χ2v) is 4.07. The Balaban J connectivity index is 2.27. The molecule has 1 aliphatic rings. The SMILES string of the molecule is NCC1(C(N)c2ccccc2F)CC1. The Hall–Kier alpha value is -0.930. The van der Waals surface area contributed by atoms with Gasteiger partial charge < -0.3 is 11.5 Å². The van der Waals surface area contributed by atoms with Gasteiger partial charge in [0, 0.05) is 17.0 Å². The number of halogens is 1. The lowest BCUT2D eigenvalue weighted by molar-refractivity contribution is 0.405. The lowest BCUT2D eigenvalue weighted by atomic mass is 9.90. The zero-order chi connectivity index (χ0) is 10.2. The molecule has 1 fully saturated rings. The van der Waals surface area contributed by atoms with E-state index in [1.807, 2.05) is 6.07 Å². The van der Waals surface area contributed by atoms with Crippen molar-refractivity contribution in [2.24, 2.45) is 16.9 Å². The van der Waals surface area contributed by atoms with E-state index >= 15 is 0 Å². The normalized spacial score (nSPS) is 20.5. The average molecular weight is 194 g/mol. The van der Waals surface area contributed by atoms with Gasteiger partial charge in [0.25, 0.3) is 0 Å². The van der Waals surface area contributed by atoms with Crippen LogP contribution in [0.1, 0.15) is 24.4 Å². The number of nitrogens with two attached hydrogens (primary N) is 2. The van der Waals surface area contributed by atoms with Crippen LogP contribution in [0.5, 0.6) is 0 Å². The Labute approximate surface area is 83.1 Å². The molecule has 0 aromatic heterocycles. The molecular formula is C11H15FN2. The van der Waals surface area contributed by atoms with Crippen LogP contribution in [0, 0.1) is 11.2 Å². The Morgan fingerprint density at radius 3 is 2.50 bits per heavy atom. The first-order valence-electron chi connectivity index (χ1n) is 4.90. The van der Waals surface area contributed by atoms with Crippen LogP contribution >= 0.6 is 0 Å². The summed E-state index contributed by atoms with van der Waals surface area (Å²) in [6.07, 6.45) is 2.03. The minimum absolute atomic E-state index is 0.0395. The van der Waals surface area contributed by atoms with E-state index in [0.29, 0.717) is 12.1 Å². The molecule has 3 heteroatoms. The van der Waals surface area contributed by atoms with E-state index in [9.17, 15) is 4.39 Å². The van der Waals surface area contributed by atoms with Crippen molar-refractivity contribution in [1.29, 1.82) is 0 Å². The third-order valence-electron chi connectivity index (χ3n) is 3.20. The first-order chi connectivity index (χ1) is 6.69. The van der Waals surface area contributed by atoms with Gasteiger partial charge in [-0.1, -0.05) is 18.2 Å². The standard InChI is InChI=1S/C11H15FN2/c12-9-4-2-1-3-8(9)10(14)11(7-13)5-6-11/h1-4,10H,5-7,13-14H2. The van der Waals surface area contributed by atoms with Crippen molar-refractivity contribution in [3.63, 3.8) is 0 Å². The Bertz CT molecular complexity index is 334. The largest absolute Gasteiger partial charge is 0.330 e. The number of rotatable bonds is 3. The van der Waals surface area contributed by atoms with Crippen LogP contribution in [0.3, 0.4) is 0 Å². The van der Waals surface area contributed by atoms with Crippen molar-refractivity contribution in [3.8, 4) is 0 Å². The third-order valence-corrected chi connectivity index (χ3v) is 3.20. The summed E-state index contributed by atoms with van der Waals surface area (Å²) in [6, 6.07) is 6.42. The molecule has 2 nitrogen and oxygen atoms in total. The Morgan fingerprint density at radius 2 is 2.00 bits per heavy atom. The van der Waals surface area contributed by atoms with E-state index in [1.54, 1.807) is 12.1 Å². The molecule has 1 unspecified atom stereocenters. The molecule has 4 N–H and O–H groups in total. The summed E-state index contributed by atoms with van der Waals surface area (Å²) >= 11 is 0. The fourth-order valence-corrected chi connectivity index (χ4v) is 1.86. The zero-order valence-corrected chi connectivity index (χ0v) is 8.04. The molecule has 0 saturated heterocycles. The summed E-state index contributed by atoms with van der Waals surface area (Å²) in [4.78, 5) is 0. The second-order valence-electron chi connectivity index (χ2n) is 4.07. The van der Waals surface area contributed by atoms with Crippen LogP contribution in [-0.4, -0.2) is 6.54 Å². The minimum atomic E-state index is -0.256. The molecule has 0 bridgehead atoms. The maximum atomic E-state index is 13.4. The van der Waals surface area contributed by atoms with Gasteiger partial charge in [0.1, 0.15) is 5.82 Å². The lowest BCUT2D eigenvalue weighted by Gasteiger charge is -2.22. The highest BCUT2D eigenvalue weighted by atomic mass is 19.1. The van der Waals surface area contributed by atoms with Crippen molar-refractivity contribution < 1.29 is 4.39 Å². The van der Waals surface area contributed by atoms with E-state index in [1.165, 1.54) is 6.07 Å². The molecule has 0 radical (unpaired) electrons. The second kappa shape index (κ2) is 3.33. The van der Waals surface area contributed by atoms with Crippen molar-refractivity contribution in [1.82, 2.24) is 0 Å². The molecule has 76 valence electrons. The van der Waals surface area contributed by atoms with Crippen molar-refractivity contribution in [2.75, 3.05) is 6.54 Å². The van der Waals surface area contributed by atoms with E-state index in [-0.39, 0.29) is 17.3 Å². The van der Waals surface area contributed by atoms with Crippen molar-refractivity contribution in [3.05, 3.63) is 35.6 Å². The van der Waals surface area contributed by atoms with Crippen LogP contribution in [-0.2, 0) is 0 Å². The minimum Gasteiger partial charge on any atom is -0.330 e. The smallest absolute Gasteiger partial charge is 0.127 e. The monoisotopic (exact) mass is 194 g/mol. The topological polar surface area (TPSA) is 52.0 Å². The van der Waals surface area contributed by atoms with Gasteiger partial charge in [0.2, 0.25) is 0 Å². The lowest BCUT2D eigenvalue weighted by Crippen LogP contribution is -2.30. The maximum Gasteiger partial charge on any atom is 0.127 e. The molecular weight excluding hydrogens is 179 g/mol. The highest BCUT2D eigenvalue weighted by molar-refractivity contribution is 5.25. The quantitative estimate of drug-likeness (QED) is 0.767. The Morgan fingerprint density at radius 1 is 1.36 bits per heavy atom. The summed E-state index contributed by atoms with van der Waals surface area (Å²) in [5, 5.41) is 0. The van der Waals surface area contributed by atoms with Gasteiger partial charge >= 0.3 is 0 Å². The molecule has 1 saturated carbocycles. The number of hydrogen-bond donors (Lipinski definition) is 2. The van der Waals surface area contributed by atoms with Gasteiger partial charge in [0.15, 0.2) is 0 Å². The molecule has 0 amide bonds. The van der Waals surface area contributed by atoms with Gasteiger partial charge in [-0.15, -0.1) is 0 Å². The summed E-state index contributed by atoms with van der Waals surface area (Å²) in [5.74, 6) is -0.222. The fourth-order valence-electron chi connectivity index (χ4n) is 1.86. The van der Waals surface area contributed by atoms with E-state index < -0.39 is 0 Å². The van der Waals surface area contributed by atoms with Crippen molar-refractivity contribution >= 4 is 0 Å². The molecule has 0 aliphatic heterocycles. The van der Waals surface area contributed by atoms with Gasteiger partial charge in [-0.05, 0) is 25.5 Å². The summed E-state index contributed by atoms with van der Waals surface area (Å²) in [6.45, 7) is 0.544. The fraction of sp³-hybridized carbons (Fsp3) is 0.455. The summed E-state index contributed by atoms with van der Waals surface area (Å²) in [7, 11) is 0. The number of hydrogen-bond acceptors (Lipinski definition) is 2. The summed E-state index contributed by atoms with van der Waals surface area (Å²) in [5.41, 5.74) is 12.2. The molecule has 14 heavy (non-hydrogen) atoms. The molecule has 0 spiro atoms. The van der Waals surface area contributed by atoms with Gasteiger partial charge in [-0.3, -0.25) is 0 Å². The summed E-state index contributed by atoms with van der Waals surface area (Å²) < 4.78 is 13.4. The van der Waals surface area contributed by atoms with Crippen LogP contribution in [0.15, 0.2) is 24.3 Å². The van der Waals surface area contributed by atoms with Crippen LogP contribution < -0.4 is 11.5 Å². The number of benzene rings is 1. The van der Waals surface area contributed by atoms with E-state index in [2.05, 4.69) is 0 Å². The average Bonchev–Trinajstić information content (AvgIpc) is 2.98. The molecule has 2 rings (SSSR count). The maximum absolute atomic E-state index is 13.4. The van der Waals surface area contributed by atoms with Crippen molar-refractivity contribution in [2.45, 2.75) is 18.9 Å². The van der Waals surface area contributed by atoms with E-state index in [0.717, 1.165) is 12.8 Å². The molecule has 1 atom stereocenters. The molecule has 1 aromatic carbocycles. The van der Waals surface area contributed by atoms with E-state index in [4.69, 9.17) is 11.5 Å². The molecule has 0 heterocycles.